The number of amides is 2. The number of carbonyl (C=O) groups excluding carboxylic acids is 2. The lowest BCUT2D eigenvalue weighted by Gasteiger charge is -2.15. The maximum Gasteiger partial charge on any atom is 0.251 e. The van der Waals surface area contributed by atoms with Crippen LogP contribution in [0, 0.1) is 12.8 Å². The standard InChI is InChI=1S/C16H20N2O3/c1-10-2-3-12(7-14(10)19)16(21)17-8-11-6-15(20)18(9-11)13-4-5-13/h2-3,7,11,13,19H,4-6,8-9H2,1H3,(H,17,21)/t11-/m0/s1. The Hall–Kier alpha value is -2.04. The maximum absolute atomic E-state index is 12.1. The summed E-state index contributed by atoms with van der Waals surface area (Å²) in [6, 6.07) is 5.34. The van der Waals surface area contributed by atoms with Gasteiger partial charge in [0.2, 0.25) is 5.91 Å². The normalized spacial score (nSPS) is 21.7. The van der Waals surface area contributed by atoms with Crippen LogP contribution < -0.4 is 5.32 Å². The van der Waals surface area contributed by atoms with Crippen molar-refractivity contribution in [1.82, 2.24) is 10.2 Å². The van der Waals surface area contributed by atoms with Crippen molar-refractivity contribution in [3.05, 3.63) is 29.3 Å². The van der Waals surface area contributed by atoms with E-state index in [1.54, 1.807) is 19.1 Å². The summed E-state index contributed by atoms with van der Waals surface area (Å²) in [5.74, 6) is 0.326. The van der Waals surface area contributed by atoms with Crippen molar-refractivity contribution in [3.8, 4) is 5.75 Å². The van der Waals surface area contributed by atoms with Gasteiger partial charge in [0.25, 0.3) is 5.91 Å². The van der Waals surface area contributed by atoms with Gasteiger partial charge in [-0.05, 0) is 37.5 Å². The molecule has 1 atom stereocenters. The number of phenolic OH excluding ortho intramolecular Hbond substituents is 1. The number of aromatic hydroxyl groups is 1. The Bertz CT molecular complexity index is 581. The second kappa shape index (κ2) is 5.39. The van der Waals surface area contributed by atoms with E-state index < -0.39 is 0 Å². The van der Waals surface area contributed by atoms with Crippen LogP contribution in [0.5, 0.6) is 5.75 Å². The Labute approximate surface area is 123 Å². The fraction of sp³-hybridized carbons (Fsp3) is 0.500. The molecule has 0 radical (unpaired) electrons. The molecule has 0 spiro atoms. The highest BCUT2D eigenvalue weighted by atomic mass is 16.3. The van der Waals surface area contributed by atoms with Gasteiger partial charge in [0.15, 0.2) is 0 Å². The Kier molecular flexibility index (Phi) is 3.57. The third-order valence-electron chi connectivity index (χ3n) is 4.25. The minimum atomic E-state index is -0.206. The van der Waals surface area contributed by atoms with Gasteiger partial charge in [-0.2, -0.15) is 0 Å². The van der Waals surface area contributed by atoms with E-state index in [9.17, 15) is 14.7 Å². The predicted molar refractivity (Wildman–Crippen MR) is 78.0 cm³/mol. The van der Waals surface area contributed by atoms with Crippen molar-refractivity contribution in [2.45, 2.75) is 32.2 Å². The average molecular weight is 288 g/mol. The molecule has 112 valence electrons. The molecule has 1 heterocycles. The zero-order valence-electron chi connectivity index (χ0n) is 12.1. The van der Waals surface area contributed by atoms with Crippen molar-refractivity contribution in [1.29, 1.82) is 0 Å². The van der Waals surface area contributed by atoms with E-state index in [0.717, 1.165) is 24.9 Å². The largest absolute Gasteiger partial charge is 0.508 e. The minimum Gasteiger partial charge on any atom is -0.508 e. The van der Waals surface area contributed by atoms with E-state index in [0.29, 0.717) is 24.6 Å². The quantitative estimate of drug-likeness (QED) is 0.881. The Balaban J connectivity index is 1.54. The SMILES string of the molecule is Cc1ccc(C(=O)NC[C@@H]2CC(=O)N(C3CC3)C2)cc1O. The van der Waals surface area contributed by atoms with E-state index in [4.69, 9.17) is 0 Å². The van der Waals surface area contributed by atoms with Crippen LogP contribution in [-0.4, -0.2) is 41.0 Å². The molecule has 1 aliphatic heterocycles. The van der Waals surface area contributed by atoms with Crippen molar-refractivity contribution >= 4 is 11.8 Å². The molecular formula is C16H20N2O3. The van der Waals surface area contributed by atoms with Crippen molar-refractivity contribution < 1.29 is 14.7 Å². The van der Waals surface area contributed by atoms with Gasteiger partial charge >= 0.3 is 0 Å². The van der Waals surface area contributed by atoms with Crippen LogP contribution in [0.3, 0.4) is 0 Å². The molecule has 3 rings (SSSR count). The molecule has 1 saturated heterocycles. The van der Waals surface area contributed by atoms with Crippen molar-refractivity contribution in [2.24, 2.45) is 5.92 Å². The van der Waals surface area contributed by atoms with Crippen molar-refractivity contribution in [3.63, 3.8) is 0 Å². The molecule has 1 saturated carbocycles. The van der Waals surface area contributed by atoms with E-state index in [-0.39, 0.29) is 23.5 Å². The van der Waals surface area contributed by atoms with Crippen LogP contribution >= 0.6 is 0 Å². The number of carbonyl (C=O) groups is 2. The summed E-state index contributed by atoms with van der Waals surface area (Å²) < 4.78 is 0. The molecule has 2 aliphatic rings. The average Bonchev–Trinajstić information content (AvgIpc) is 3.23. The number of likely N-dealkylation sites (tertiary alicyclic amines) is 1. The van der Waals surface area contributed by atoms with Gasteiger partial charge < -0.3 is 15.3 Å². The third kappa shape index (κ3) is 3.01. The first-order valence-corrected chi connectivity index (χ1v) is 7.42. The summed E-state index contributed by atoms with van der Waals surface area (Å²) in [5, 5.41) is 12.5. The molecule has 0 bridgehead atoms. The molecule has 1 aliphatic carbocycles. The first-order valence-electron chi connectivity index (χ1n) is 7.42. The third-order valence-corrected chi connectivity index (χ3v) is 4.25. The summed E-state index contributed by atoms with van der Waals surface area (Å²) >= 11 is 0. The van der Waals surface area contributed by atoms with Gasteiger partial charge in [-0.25, -0.2) is 0 Å². The van der Waals surface area contributed by atoms with Gasteiger partial charge in [-0.1, -0.05) is 6.07 Å². The van der Waals surface area contributed by atoms with Crippen molar-refractivity contribution in [2.75, 3.05) is 13.1 Å². The Morgan fingerprint density at radius 3 is 2.86 bits per heavy atom. The number of hydrogen-bond acceptors (Lipinski definition) is 3. The molecule has 1 aromatic carbocycles. The molecule has 5 nitrogen and oxygen atoms in total. The monoisotopic (exact) mass is 288 g/mol. The first kappa shape index (κ1) is 13.9. The highest BCUT2D eigenvalue weighted by Gasteiger charge is 2.39. The van der Waals surface area contributed by atoms with E-state index >= 15 is 0 Å². The summed E-state index contributed by atoms with van der Waals surface area (Å²) in [6.07, 6.45) is 2.76. The van der Waals surface area contributed by atoms with E-state index in [1.807, 2.05) is 4.90 Å². The molecule has 2 amide bonds. The summed E-state index contributed by atoms with van der Waals surface area (Å²) in [4.78, 5) is 25.8. The number of hydrogen-bond donors (Lipinski definition) is 2. The molecule has 2 N–H and O–H groups in total. The van der Waals surface area contributed by atoms with Crippen LogP contribution in [-0.2, 0) is 4.79 Å². The van der Waals surface area contributed by atoms with Gasteiger partial charge in [0.1, 0.15) is 5.75 Å². The molecule has 0 aromatic heterocycles. The van der Waals surface area contributed by atoms with Crippen LogP contribution in [0.4, 0.5) is 0 Å². The fourth-order valence-corrected chi connectivity index (χ4v) is 2.77. The van der Waals surface area contributed by atoms with Crippen LogP contribution in [0.2, 0.25) is 0 Å². The Morgan fingerprint density at radius 1 is 1.43 bits per heavy atom. The summed E-state index contributed by atoms with van der Waals surface area (Å²) in [5.41, 5.74) is 1.19. The van der Waals surface area contributed by atoms with Crippen LogP contribution in [0.1, 0.15) is 35.2 Å². The Morgan fingerprint density at radius 2 is 2.19 bits per heavy atom. The highest BCUT2D eigenvalue weighted by molar-refractivity contribution is 5.94. The zero-order valence-corrected chi connectivity index (χ0v) is 12.1. The highest BCUT2D eigenvalue weighted by Crippen LogP contribution is 2.32. The number of benzene rings is 1. The van der Waals surface area contributed by atoms with Gasteiger partial charge in [-0.3, -0.25) is 9.59 Å². The summed E-state index contributed by atoms with van der Waals surface area (Å²) in [7, 11) is 0. The van der Waals surface area contributed by atoms with Crippen LogP contribution in [0.25, 0.3) is 0 Å². The molecule has 5 heteroatoms. The lowest BCUT2D eigenvalue weighted by Crippen LogP contribution is -2.32. The number of aryl methyl sites for hydroxylation is 1. The first-order chi connectivity index (χ1) is 10.0. The fourth-order valence-electron chi connectivity index (χ4n) is 2.77. The van der Waals surface area contributed by atoms with Crippen LogP contribution in [0.15, 0.2) is 18.2 Å². The van der Waals surface area contributed by atoms with E-state index in [1.165, 1.54) is 6.07 Å². The second-order valence-electron chi connectivity index (χ2n) is 6.06. The number of phenols is 1. The topological polar surface area (TPSA) is 69.6 Å². The number of rotatable bonds is 4. The predicted octanol–water partition coefficient (Wildman–Crippen LogP) is 1.44. The number of nitrogens with one attached hydrogen (secondary N) is 1. The lowest BCUT2D eigenvalue weighted by molar-refractivity contribution is -0.128. The molecule has 21 heavy (non-hydrogen) atoms. The zero-order chi connectivity index (χ0) is 15.0. The second-order valence-corrected chi connectivity index (χ2v) is 6.06. The minimum absolute atomic E-state index is 0.124. The molecule has 2 fully saturated rings. The summed E-state index contributed by atoms with van der Waals surface area (Å²) in [6.45, 7) is 3.04. The number of nitrogens with zero attached hydrogens (tertiary/aromatic N) is 1. The molecule has 0 unspecified atom stereocenters. The van der Waals surface area contributed by atoms with E-state index in [2.05, 4.69) is 5.32 Å². The molecular weight excluding hydrogens is 268 g/mol. The lowest BCUT2D eigenvalue weighted by atomic mass is 10.1. The maximum atomic E-state index is 12.1. The smallest absolute Gasteiger partial charge is 0.251 e. The van der Waals surface area contributed by atoms with Gasteiger partial charge in [-0.15, -0.1) is 0 Å². The van der Waals surface area contributed by atoms with Gasteiger partial charge in [0.05, 0.1) is 0 Å². The van der Waals surface area contributed by atoms with Gasteiger partial charge in [0, 0.05) is 37.0 Å². The molecule has 1 aromatic rings.